The van der Waals surface area contributed by atoms with Crippen LogP contribution < -0.4 is 5.32 Å². The van der Waals surface area contributed by atoms with Gasteiger partial charge in [-0.2, -0.15) is 0 Å². The van der Waals surface area contributed by atoms with Crippen molar-refractivity contribution < 1.29 is 4.74 Å². The first-order valence-corrected chi connectivity index (χ1v) is 4.75. The van der Waals surface area contributed by atoms with Gasteiger partial charge in [0.25, 0.3) is 0 Å². The first kappa shape index (κ1) is 7.56. The van der Waals surface area contributed by atoms with Crippen LogP contribution in [0.3, 0.4) is 0 Å². The third-order valence-electron chi connectivity index (χ3n) is 2.78. The molecule has 0 spiro atoms. The Kier molecular flexibility index (Phi) is 2.14. The molecule has 1 heterocycles. The molecule has 0 amide bonds. The largest absolute Gasteiger partial charge is 0.372 e. The summed E-state index contributed by atoms with van der Waals surface area (Å²) in [6.45, 7) is 3.19. The van der Waals surface area contributed by atoms with Crippen LogP contribution in [0.2, 0.25) is 0 Å². The van der Waals surface area contributed by atoms with Gasteiger partial charge in [-0.3, -0.25) is 0 Å². The Morgan fingerprint density at radius 2 is 2.09 bits per heavy atom. The van der Waals surface area contributed by atoms with Crippen LogP contribution in [0.15, 0.2) is 0 Å². The van der Waals surface area contributed by atoms with Crippen molar-refractivity contribution in [3.05, 3.63) is 0 Å². The summed E-state index contributed by atoms with van der Waals surface area (Å²) in [4.78, 5) is 0. The number of fused-ring (bicyclic) bond motifs is 1. The van der Waals surface area contributed by atoms with Gasteiger partial charge in [-0.05, 0) is 19.8 Å². The third kappa shape index (κ3) is 1.57. The standard InChI is InChI=1S/C9H17NO/c1-7-6-10-8-4-2-3-5-9(8)11-7/h7-10H,2-6H2,1H3/t7-,8+,9-/m0/s1. The Morgan fingerprint density at radius 3 is 3.00 bits per heavy atom. The second-order valence-corrected chi connectivity index (χ2v) is 3.78. The molecule has 2 nitrogen and oxygen atoms in total. The zero-order valence-corrected chi connectivity index (χ0v) is 7.18. The molecule has 2 rings (SSSR count). The van der Waals surface area contributed by atoms with E-state index >= 15 is 0 Å². The summed E-state index contributed by atoms with van der Waals surface area (Å²) in [7, 11) is 0. The van der Waals surface area contributed by atoms with Crippen LogP contribution in [0.25, 0.3) is 0 Å². The van der Waals surface area contributed by atoms with Gasteiger partial charge < -0.3 is 10.1 Å². The molecule has 0 radical (unpaired) electrons. The second-order valence-electron chi connectivity index (χ2n) is 3.78. The monoisotopic (exact) mass is 155 g/mol. The number of ether oxygens (including phenoxy) is 1. The van der Waals surface area contributed by atoms with E-state index in [0.717, 1.165) is 6.54 Å². The minimum atomic E-state index is 0.425. The fourth-order valence-electron chi connectivity index (χ4n) is 2.16. The first-order chi connectivity index (χ1) is 5.36. The van der Waals surface area contributed by atoms with Gasteiger partial charge in [0.2, 0.25) is 0 Å². The highest BCUT2D eigenvalue weighted by Crippen LogP contribution is 2.24. The van der Waals surface area contributed by atoms with E-state index in [9.17, 15) is 0 Å². The average molecular weight is 155 g/mol. The van der Waals surface area contributed by atoms with Gasteiger partial charge in [0.15, 0.2) is 0 Å². The van der Waals surface area contributed by atoms with Gasteiger partial charge in [0.05, 0.1) is 12.2 Å². The molecule has 64 valence electrons. The average Bonchev–Trinajstić information content (AvgIpc) is 2.04. The van der Waals surface area contributed by atoms with Gasteiger partial charge in [-0.25, -0.2) is 0 Å². The minimum absolute atomic E-state index is 0.425. The van der Waals surface area contributed by atoms with Crippen LogP contribution >= 0.6 is 0 Å². The quantitative estimate of drug-likeness (QED) is 0.569. The molecule has 1 saturated carbocycles. The van der Waals surface area contributed by atoms with Crippen molar-refractivity contribution >= 4 is 0 Å². The van der Waals surface area contributed by atoms with Gasteiger partial charge in [0, 0.05) is 12.6 Å². The summed E-state index contributed by atoms with van der Waals surface area (Å²) in [5, 5.41) is 3.55. The molecule has 0 aromatic rings. The predicted octanol–water partition coefficient (Wildman–Crippen LogP) is 1.31. The molecule has 3 atom stereocenters. The molecule has 1 aliphatic carbocycles. The summed E-state index contributed by atoms with van der Waals surface area (Å²) < 4.78 is 5.83. The van der Waals surface area contributed by atoms with Crippen molar-refractivity contribution in [3.63, 3.8) is 0 Å². The Bertz CT molecular complexity index is 138. The summed E-state index contributed by atoms with van der Waals surface area (Å²) in [5.41, 5.74) is 0. The maximum Gasteiger partial charge on any atom is 0.0732 e. The molecule has 1 N–H and O–H groups in total. The molecule has 1 aliphatic heterocycles. The van der Waals surface area contributed by atoms with Crippen LogP contribution in [0.1, 0.15) is 32.6 Å². The smallest absolute Gasteiger partial charge is 0.0732 e. The molecule has 2 aliphatic rings. The molecule has 2 heteroatoms. The topological polar surface area (TPSA) is 21.3 Å². The zero-order valence-electron chi connectivity index (χ0n) is 7.18. The SMILES string of the molecule is C[C@H]1CN[C@@H]2CCCC[C@@H]2O1. The molecule has 11 heavy (non-hydrogen) atoms. The summed E-state index contributed by atoms with van der Waals surface area (Å²) in [6, 6.07) is 0.667. The highest BCUT2D eigenvalue weighted by molar-refractivity contribution is 4.86. The fraction of sp³-hybridized carbons (Fsp3) is 1.00. The second kappa shape index (κ2) is 3.11. The highest BCUT2D eigenvalue weighted by Gasteiger charge is 2.30. The van der Waals surface area contributed by atoms with E-state index in [1.54, 1.807) is 0 Å². The molecule has 0 unspecified atom stereocenters. The van der Waals surface area contributed by atoms with Crippen molar-refractivity contribution in [3.8, 4) is 0 Å². The predicted molar refractivity (Wildman–Crippen MR) is 44.6 cm³/mol. The van der Waals surface area contributed by atoms with Gasteiger partial charge >= 0.3 is 0 Å². The van der Waals surface area contributed by atoms with E-state index in [2.05, 4.69) is 12.2 Å². The van der Waals surface area contributed by atoms with Gasteiger partial charge in [-0.1, -0.05) is 12.8 Å². The lowest BCUT2D eigenvalue weighted by molar-refractivity contribution is -0.0691. The Balaban J connectivity index is 1.93. The van der Waals surface area contributed by atoms with E-state index in [1.165, 1.54) is 25.7 Å². The summed E-state index contributed by atoms with van der Waals surface area (Å²) in [6.07, 6.45) is 6.27. The fourth-order valence-corrected chi connectivity index (χ4v) is 2.16. The number of hydrogen-bond donors (Lipinski definition) is 1. The number of hydrogen-bond acceptors (Lipinski definition) is 2. The molecular formula is C9H17NO. The maximum atomic E-state index is 5.83. The minimum Gasteiger partial charge on any atom is -0.372 e. The van der Waals surface area contributed by atoms with E-state index in [-0.39, 0.29) is 0 Å². The lowest BCUT2D eigenvalue weighted by Gasteiger charge is -2.39. The third-order valence-corrected chi connectivity index (χ3v) is 2.78. The lowest BCUT2D eigenvalue weighted by Crippen LogP contribution is -2.52. The van der Waals surface area contributed by atoms with Crippen molar-refractivity contribution in [1.82, 2.24) is 5.32 Å². The van der Waals surface area contributed by atoms with Crippen LogP contribution in [-0.2, 0) is 4.74 Å². The van der Waals surface area contributed by atoms with Crippen molar-refractivity contribution in [2.45, 2.75) is 50.9 Å². The Hall–Kier alpha value is -0.0800. The number of nitrogens with one attached hydrogen (secondary N) is 1. The molecule has 1 saturated heterocycles. The van der Waals surface area contributed by atoms with Gasteiger partial charge in [-0.15, -0.1) is 0 Å². The highest BCUT2D eigenvalue weighted by atomic mass is 16.5. The van der Waals surface area contributed by atoms with Crippen molar-refractivity contribution in [2.75, 3.05) is 6.54 Å². The Morgan fingerprint density at radius 1 is 1.27 bits per heavy atom. The van der Waals surface area contributed by atoms with Gasteiger partial charge in [0.1, 0.15) is 0 Å². The lowest BCUT2D eigenvalue weighted by atomic mass is 9.91. The van der Waals surface area contributed by atoms with Crippen LogP contribution in [0, 0.1) is 0 Å². The molecular weight excluding hydrogens is 138 g/mol. The van der Waals surface area contributed by atoms with Crippen molar-refractivity contribution in [1.29, 1.82) is 0 Å². The summed E-state index contributed by atoms with van der Waals surface area (Å²) >= 11 is 0. The van der Waals surface area contributed by atoms with E-state index in [4.69, 9.17) is 4.74 Å². The molecule has 2 fully saturated rings. The zero-order chi connectivity index (χ0) is 7.68. The van der Waals surface area contributed by atoms with E-state index in [1.807, 2.05) is 0 Å². The molecule has 0 bridgehead atoms. The van der Waals surface area contributed by atoms with Crippen LogP contribution in [-0.4, -0.2) is 24.8 Å². The summed E-state index contributed by atoms with van der Waals surface area (Å²) in [5.74, 6) is 0. The number of morpholine rings is 1. The number of rotatable bonds is 0. The molecule has 0 aromatic heterocycles. The molecule has 0 aromatic carbocycles. The first-order valence-electron chi connectivity index (χ1n) is 4.75. The van der Waals surface area contributed by atoms with Crippen LogP contribution in [0.5, 0.6) is 0 Å². The maximum absolute atomic E-state index is 5.83. The normalized spacial score (nSPS) is 45.0. The van der Waals surface area contributed by atoms with E-state index in [0.29, 0.717) is 18.2 Å². The van der Waals surface area contributed by atoms with Crippen molar-refractivity contribution in [2.24, 2.45) is 0 Å². The van der Waals surface area contributed by atoms with Crippen LogP contribution in [0.4, 0.5) is 0 Å². The van der Waals surface area contributed by atoms with E-state index < -0.39 is 0 Å². The Labute approximate surface area is 68.3 Å².